The van der Waals surface area contributed by atoms with Gasteiger partial charge in [-0.25, -0.2) is 0 Å². The molecule has 0 aliphatic carbocycles. The maximum atomic E-state index is 11.3. The van der Waals surface area contributed by atoms with Crippen molar-refractivity contribution in [3.05, 3.63) is 12.7 Å². The number of hydrogen-bond acceptors (Lipinski definition) is 1. The first-order chi connectivity index (χ1) is 4.45. The minimum absolute atomic E-state index is 0.533. The Morgan fingerprint density at radius 1 is 1.60 bits per heavy atom. The molecule has 1 amide bonds. The Morgan fingerprint density at radius 3 is 2.40 bits per heavy atom. The van der Waals surface area contributed by atoms with Crippen LogP contribution in [0.4, 0.5) is 13.2 Å². The molecular formula is C5H5F3NO. The van der Waals surface area contributed by atoms with E-state index in [1.54, 1.807) is 0 Å². The Morgan fingerprint density at radius 2 is 2.10 bits per heavy atom. The van der Waals surface area contributed by atoms with Crippen LogP contribution in [0.5, 0.6) is 0 Å². The van der Waals surface area contributed by atoms with Crippen molar-refractivity contribution < 1.29 is 18.0 Å². The third-order valence-corrected chi connectivity index (χ3v) is 0.614. The van der Waals surface area contributed by atoms with E-state index in [0.717, 1.165) is 0 Å². The minimum atomic E-state index is -4.38. The summed E-state index contributed by atoms with van der Waals surface area (Å²) in [5, 5.41) is 1.53. The summed E-state index contributed by atoms with van der Waals surface area (Å²) in [5.41, 5.74) is 0. The smallest absolute Gasteiger partial charge is 0.343 e. The summed E-state index contributed by atoms with van der Waals surface area (Å²) in [6, 6.07) is 0. The third-order valence-electron chi connectivity index (χ3n) is 0.614. The molecule has 0 heterocycles. The van der Waals surface area contributed by atoms with E-state index in [2.05, 4.69) is 6.58 Å². The molecule has 2 nitrogen and oxygen atoms in total. The number of hydrogen-bond donors (Lipinski definition) is 1. The topological polar surface area (TPSA) is 29.1 Å². The molecule has 0 aromatic carbocycles. The van der Waals surface area contributed by atoms with Gasteiger partial charge in [0.05, 0.1) is 0 Å². The first kappa shape index (κ1) is 9.00. The van der Waals surface area contributed by atoms with Crippen molar-refractivity contribution in [1.82, 2.24) is 5.32 Å². The van der Waals surface area contributed by atoms with Crippen LogP contribution in [0.15, 0.2) is 6.08 Å². The largest absolute Gasteiger partial charge is 0.405 e. The monoisotopic (exact) mass is 152 g/mol. The quantitative estimate of drug-likeness (QED) is 0.578. The van der Waals surface area contributed by atoms with Crippen molar-refractivity contribution >= 4 is 5.91 Å². The molecule has 0 atom stereocenters. The zero-order chi connectivity index (χ0) is 8.20. The molecule has 0 saturated carbocycles. The Bertz CT molecular complexity index is 140. The van der Waals surface area contributed by atoms with Gasteiger partial charge in [0.25, 0.3) is 0 Å². The van der Waals surface area contributed by atoms with Gasteiger partial charge >= 0.3 is 6.18 Å². The second-order valence-electron chi connectivity index (χ2n) is 1.50. The fraction of sp³-hybridized carbons (Fsp3) is 0.400. The van der Waals surface area contributed by atoms with E-state index in [1.165, 1.54) is 5.32 Å². The van der Waals surface area contributed by atoms with Gasteiger partial charge in [-0.05, 0) is 0 Å². The molecule has 0 rings (SSSR count). The van der Waals surface area contributed by atoms with Gasteiger partial charge in [0.15, 0.2) is 0 Å². The van der Waals surface area contributed by atoms with Crippen molar-refractivity contribution in [3.63, 3.8) is 0 Å². The number of amides is 1. The van der Waals surface area contributed by atoms with Crippen molar-refractivity contribution in [2.45, 2.75) is 6.18 Å². The Kier molecular flexibility index (Phi) is 2.92. The summed E-state index contributed by atoms with van der Waals surface area (Å²) in [7, 11) is 0. The van der Waals surface area contributed by atoms with Crippen LogP contribution in [-0.2, 0) is 4.79 Å². The molecule has 0 aliphatic heterocycles. The van der Waals surface area contributed by atoms with Gasteiger partial charge in [0.2, 0.25) is 5.91 Å². The fourth-order valence-corrected chi connectivity index (χ4v) is 0.246. The lowest BCUT2D eigenvalue weighted by Crippen LogP contribution is -2.32. The molecule has 1 N–H and O–H groups in total. The second kappa shape index (κ2) is 3.24. The Hall–Kier alpha value is -1.00. The van der Waals surface area contributed by atoms with E-state index in [9.17, 15) is 18.0 Å². The Labute approximate surface area is 55.7 Å². The molecular weight excluding hydrogens is 147 g/mol. The summed E-state index contributed by atoms with van der Waals surface area (Å²) in [5.74, 6) is -0.933. The van der Waals surface area contributed by atoms with E-state index >= 15 is 0 Å². The van der Waals surface area contributed by atoms with E-state index in [-0.39, 0.29) is 0 Å². The van der Waals surface area contributed by atoms with Gasteiger partial charge in [-0.3, -0.25) is 4.79 Å². The molecule has 10 heavy (non-hydrogen) atoms. The van der Waals surface area contributed by atoms with Gasteiger partial charge in [0, 0.05) is 6.08 Å². The highest BCUT2D eigenvalue weighted by atomic mass is 19.4. The highest BCUT2D eigenvalue weighted by Crippen LogP contribution is 2.11. The van der Waals surface area contributed by atoms with Crippen LogP contribution in [-0.4, -0.2) is 18.6 Å². The zero-order valence-corrected chi connectivity index (χ0v) is 4.90. The van der Waals surface area contributed by atoms with Crippen molar-refractivity contribution in [2.24, 2.45) is 0 Å². The van der Waals surface area contributed by atoms with Gasteiger partial charge in [0.1, 0.15) is 6.54 Å². The van der Waals surface area contributed by atoms with Crippen LogP contribution < -0.4 is 5.32 Å². The van der Waals surface area contributed by atoms with Gasteiger partial charge in [-0.15, -0.1) is 0 Å². The molecule has 0 aromatic rings. The standard InChI is InChI=1S/C5H5F3NO/c1-2-4(10)9-3-5(6,7)8/h1-2H,3H2,(H,9,10). The second-order valence-corrected chi connectivity index (χ2v) is 1.50. The lowest BCUT2D eigenvalue weighted by atomic mass is 10.5. The molecule has 0 bridgehead atoms. The SMILES string of the molecule is [CH]=CC(=O)NCC(F)(F)F. The zero-order valence-electron chi connectivity index (χ0n) is 4.90. The van der Waals surface area contributed by atoms with Crippen LogP contribution in [0, 0.1) is 6.58 Å². The molecule has 0 aliphatic rings. The average Bonchev–Trinajstić information content (AvgIpc) is 1.81. The molecule has 1 radical (unpaired) electrons. The first-order valence-electron chi connectivity index (χ1n) is 2.35. The summed E-state index contributed by atoms with van der Waals surface area (Å²) < 4.78 is 33.8. The number of carbonyl (C=O) groups is 1. The lowest BCUT2D eigenvalue weighted by molar-refractivity contribution is -0.135. The predicted octanol–water partition coefficient (Wildman–Crippen LogP) is 0.654. The number of alkyl halides is 3. The van der Waals surface area contributed by atoms with Gasteiger partial charge < -0.3 is 5.32 Å². The molecule has 0 spiro atoms. The van der Waals surface area contributed by atoms with Crippen molar-refractivity contribution in [2.75, 3.05) is 6.54 Å². The summed E-state index contributed by atoms with van der Waals surface area (Å²) in [4.78, 5) is 10.1. The lowest BCUT2D eigenvalue weighted by Gasteiger charge is -2.04. The average molecular weight is 152 g/mol. The molecule has 0 unspecified atom stereocenters. The fourth-order valence-electron chi connectivity index (χ4n) is 0.246. The summed E-state index contributed by atoms with van der Waals surface area (Å²) >= 11 is 0. The van der Waals surface area contributed by atoms with Gasteiger partial charge in [-0.2, -0.15) is 13.2 Å². The summed E-state index contributed by atoms with van der Waals surface area (Å²) in [6.07, 6.45) is -3.84. The molecule has 0 saturated heterocycles. The Balaban J connectivity index is 3.55. The van der Waals surface area contributed by atoms with E-state index in [0.29, 0.717) is 6.08 Å². The minimum Gasteiger partial charge on any atom is -0.343 e. The molecule has 0 aromatic heterocycles. The predicted molar refractivity (Wildman–Crippen MR) is 27.9 cm³/mol. The van der Waals surface area contributed by atoms with Crippen LogP contribution in [0.2, 0.25) is 0 Å². The van der Waals surface area contributed by atoms with E-state index < -0.39 is 18.6 Å². The van der Waals surface area contributed by atoms with Crippen molar-refractivity contribution in [1.29, 1.82) is 0 Å². The highest BCUT2D eigenvalue weighted by Gasteiger charge is 2.26. The third kappa shape index (κ3) is 5.14. The van der Waals surface area contributed by atoms with Crippen LogP contribution >= 0.6 is 0 Å². The number of nitrogens with one attached hydrogen (secondary N) is 1. The maximum Gasteiger partial charge on any atom is 0.405 e. The van der Waals surface area contributed by atoms with Crippen molar-refractivity contribution in [3.8, 4) is 0 Å². The molecule has 57 valence electrons. The number of rotatable bonds is 2. The van der Waals surface area contributed by atoms with E-state index in [1.807, 2.05) is 0 Å². The number of carbonyl (C=O) groups excluding carboxylic acids is 1. The first-order valence-corrected chi connectivity index (χ1v) is 2.35. The van der Waals surface area contributed by atoms with E-state index in [4.69, 9.17) is 0 Å². The number of halogens is 3. The van der Waals surface area contributed by atoms with Crippen LogP contribution in [0.1, 0.15) is 0 Å². The maximum absolute atomic E-state index is 11.3. The summed E-state index contributed by atoms with van der Waals surface area (Å²) in [6.45, 7) is 3.25. The highest BCUT2D eigenvalue weighted by molar-refractivity contribution is 5.86. The molecule has 5 heteroatoms. The molecule has 0 fully saturated rings. The van der Waals surface area contributed by atoms with Crippen LogP contribution in [0.25, 0.3) is 0 Å². The normalized spacial score (nSPS) is 10.7. The van der Waals surface area contributed by atoms with Crippen LogP contribution in [0.3, 0.4) is 0 Å². The van der Waals surface area contributed by atoms with Gasteiger partial charge in [-0.1, -0.05) is 6.58 Å².